The zero-order chi connectivity index (χ0) is 17.5. The quantitative estimate of drug-likeness (QED) is 0.464. The molecule has 2 aromatic carbocycles. The lowest BCUT2D eigenvalue weighted by Crippen LogP contribution is -1.99. The molecule has 3 rings (SSSR count). The maximum absolute atomic E-state index is 6.10. The largest absolute Gasteiger partial charge is 0.493 e. The molecule has 2 heteroatoms. The summed E-state index contributed by atoms with van der Waals surface area (Å²) >= 11 is 0. The molecule has 2 aromatic rings. The number of hydrogen-bond donors (Lipinski definition) is 0. The lowest BCUT2D eigenvalue weighted by Gasteiger charge is -2.17. The number of para-hydroxylation sites is 1. The van der Waals surface area contributed by atoms with Crippen LogP contribution in [0.1, 0.15) is 69.4 Å². The zero-order valence-electron chi connectivity index (χ0n) is 15.6. The van der Waals surface area contributed by atoms with E-state index in [9.17, 15) is 0 Å². The van der Waals surface area contributed by atoms with Gasteiger partial charge in [-0.1, -0.05) is 70.2 Å². The van der Waals surface area contributed by atoms with Crippen molar-refractivity contribution in [2.75, 3.05) is 6.61 Å². The van der Waals surface area contributed by atoms with Gasteiger partial charge >= 0.3 is 0 Å². The maximum atomic E-state index is 6.10. The SMILES string of the molecule is CCCCCCCC(C)c1ccc(Oc2ccccc2)c2c1OCC2. The van der Waals surface area contributed by atoms with Gasteiger partial charge in [0.15, 0.2) is 0 Å². The van der Waals surface area contributed by atoms with E-state index in [1.54, 1.807) is 0 Å². The van der Waals surface area contributed by atoms with Crippen LogP contribution in [0.3, 0.4) is 0 Å². The van der Waals surface area contributed by atoms with Crippen molar-refractivity contribution >= 4 is 0 Å². The smallest absolute Gasteiger partial charge is 0.134 e. The minimum atomic E-state index is 0.541. The van der Waals surface area contributed by atoms with E-state index in [1.165, 1.54) is 49.7 Å². The zero-order valence-corrected chi connectivity index (χ0v) is 15.6. The molecule has 1 unspecified atom stereocenters. The molecular weight excluding hydrogens is 308 g/mol. The summed E-state index contributed by atoms with van der Waals surface area (Å²) in [5.74, 6) is 3.44. The summed E-state index contributed by atoms with van der Waals surface area (Å²) < 4.78 is 12.1. The molecule has 1 aliphatic heterocycles. The van der Waals surface area contributed by atoms with Crippen LogP contribution < -0.4 is 9.47 Å². The van der Waals surface area contributed by atoms with E-state index in [4.69, 9.17) is 9.47 Å². The van der Waals surface area contributed by atoms with Crippen molar-refractivity contribution in [1.29, 1.82) is 0 Å². The van der Waals surface area contributed by atoms with E-state index < -0.39 is 0 Å². The van der Waals surface area contributed by atoms with Gasteiger partial charge < -0.3 is 9.47 Å². The standard InChI is InChI=1S/C23H30O2/c1-3-4-5-6-8-11-18(2)20-14-15-22(21-16-17-24-23(20)21)25-19-12-9-7-10-13-19/h7,9-10,12-15,18H,3-6,8,11,16-17H2,1-2H3. The third-order valence-corrected chi connectivity index (χ3v) is 5.09. The van der Waals surface area contributed by atoms with Crippen molar-refractivity contribution < 1.29 is 9.47 Å². The van der Waals surface area contributed by atoms with Gasteiger partial charge in [0.05, 0.1) is 6.61 Å². The number of hydrogen-bond acceptors (Lipinski definition) is 2. The predicted octanol–water partition coefficient (Wildman–Crippen LogP) is 6.88. The van der Waals surface area contributed by atoms with Gasteiger partial charge in [0.1, 0.15) is 17.2 Å². The average Bonchev–Trinajstić information content (AvgIpc) is 3.13. The van der Waals surface area contributed by atoms with E-state index >= 15 is 0 Å². The Morgan fingerprint density at radius 1 is 1.00 bits per heavy atom. The predicted molar refractivity (Wildman–Crippen MR) is 104 cm³/mol. The average molecular weight is 338 g/mol. The summed E-state index contributed by atoms with van der Waals surface area (Å²) in [4.78, 5) is 0. The minimum Gasteiger partial charge on any atom is -0.493 e. The monoisotopic (exact) mass is 338 g/mol. The van der Waals surface area contributed by atoms with Crippen LogP contribution in [-0.4, -0.2) is 6.61 Å². The lowest BCUT2D eigenvalue weighted by atomic mass is 9.92. The summed E-state index contributed by atoms with van der Waals surface area (Å²) in [5, 5.41) is 0. The third kappa shape index (κ3) is 4.56. The highest BCUT2D eigenvalue weighted by molar-refractivity contribution is 5.54. The van der Waals surface area contributed by atoms with Gasteiger partial charge in [-0.2, -0.15) is 0 Å². The lowest BCUT2D eigenvalue weighted by molar-refractivity contribution is 0.350. The van der Waals surface area contributed by atoms with Crippen LogP contribution >= 0.6 is 0 Å². The Kier molecular flexibility index (Phi) is 6.38. The fourth-order valence-corrected chi connectivity index (χ4v) is 3.60. The molecule has 0 aromatic heterocycles. The number of ether oxygens (including phenoxy) is 2. The number of unbranched alkanes of at least 4 members (excludes halogenated alkanes) is 4. The van der Waals surface area contributed by atoms with E-state index in [0.29, 0.717) is 5.92 Å². The summed E-state index contributed by atoms with van der Waals surface area (Å²) in [6.45, 7) is 5.36. The first kappa shape index (κ1) is 17.8. The summed E-state index contributed by atoms with van der Waals surface area (Å²) in [7, 11) is 0. The van der Waals surface area contributed by atoms with Crippen molar-refractivity contribution in [3.8, 4) is 17.2 Å². The topological polar surface area (TPSA) is 18.5 Å². The Morgan fingerprint density at radius 2 is 1.80 bits per heavy atom. The second-order valence-corrected chi connectivity index (χ2v) is 7.08. The number of rotatable bonds is 9. The van der Waals surface area contributed by atoms with Crippen molar-refractivity contribution in [1.82, 2.24) is 0 Å². The molecule has 25 heavy (non-hydrogen) atoms. The van der Waals surface area contributed by atoms with Crippen LogP contribution in [0.15, 0.2) is 42.5 Å². The Hall–Kier alpha value is -1.96. The van der Waals surface area contributed by atoms with Gasteiger partial charge in [0.25, 0.3) is 0 Å². The molecule has 0 radical (unpaired) electrons. The van der Waals surface area contributed by atoms with Crippen LogP contribution in [0.4, 0.5) is 0 Å². The van der Waals surface area contributed by atoms with Gasteiger partial charge in [0.2, 0.25) is 0 Å². The highest BCUT2D eigenvalue weighted by Crippen LogP contribution is 2.42. The number of fused-ring (bicyclic) bond motifs is 1. The summed E-state index contributed by atoms with van der Waals surface area (Å²) in [5.41, 5.74) is 2.59. The fourth-order valence-electron chi connectivity index (χ4n) is 3.60. The van der Waals surface area contributed by atoms with Crippen LogP contribution in [0, 0.1) is 0 Å². The van der Waals surface area contributed by atoms with Gasteiger partial charge in [-0.05, 0) is 36.1 Å². The first-order chi connectivity index (χ1) is 12.3. The molecule has 1 heterocycles. The van der Waals surface area contributed by atoms with Gasteiger partial charge in [-0.3, -0.25) is 0 Å². The second kappa shape index (κ2) is 8.94. The molecule has 134 valence electrons. The highest BCUT2D eigenvalue weighted by atomic mass is 16.5. The molecule has 0 amide bonds. The van der Waals surface area contributed by atoms with Gasteiger partial charge in [0, 0.05) is 12.0 Å². The van der Waals surface area contributed by atoms with E-state index in [-0.39, 0.29) is 0 Å². The molecule has 0 aliphatic carbocycles. The summed E-state index contributed by atoms with van der Waals surface area (Å²) in [6.07, 6.45) is 8.85. The highest BCUT2D eigenvalue weighted by Gasteiger charge is 2.24. The second-order valence-electron chi connectivity index (χ2n) is 7.08. The molecule has 0 N–H and O–H groups in total. The molecule has 0 fully saturated rings. The molecule has 2 nitrogen and oxygen atoms in total. The minimum absolute atomic E-state index is 0.541. The molecule has 0 saturated heterocycles. The normalized spacial score (nSPS) is 14.0. The fraction of sp³-hybridized carbons (Fsp3) is 0.478. The van der Waals surface area contributed by atoms with E-state index in [0.717, 1.165) is 30.3 Å². The molecule has 0 saturated carbocycles. The van der Waals surface area contributed by atoms with Crippen molar-refractivity contribution in [3.63, 3.8) is 0 Å². The third-order valence-electron chi connectivity index (χ3n) is 5.09. The maximum Gasteiger partial charge on any atom is 0.134 e. The van der Waals surface area contributed by atoms with Crippen molar-refractivity contribution in [3.05, 3.63) is 53.6 Å². The molecular formula is C23H30O2. The van der Waals surface area contributed by atoms with E-state index in [2.05, 4.69) is 26.0 Å². The van der Waals surface area contributed by atoms with Crippen LogP contribution in [0.5, 0.6) is 17.2 Å². The van der Waals surface area contributed by atoms with Crippen molar-refractivity contribution in [2.24, 2.45) is 0 Å². The number of benzene rings is 2. The van der Waals surface area contributed by atoms with Crippen molar-refractivity contribution in [2.45, 2.75) is 64.7 Å². The Labute approximate surface area is 152 Å². The Morgan fingerprint density at radius 3 is 2.60 bits per heavy atom. The van der Waals surface area contributed by atoms with E-state index in [1.807, 2.05) is 30.3 Å². The Bertz CT molecular complexity index is 663. The first-order valence-electron chi connectivity index (χ1n) is 9.81. The summed E-state index contributed by atoms with van der Waals surface area (Å²) in [6, 6.07) is 14.3. The molecule has 1 atom stereocenters. The Balaban J connectivity index is 1.69. The van der Waals surface area contributed by atoms with Crippen LogP contribution in [0.2, 0.25) is 0 Å². The molecule has 0 bridgehead atoms. The van der Waals surface area contributed by atoms with Gasteiger partial charge in [-0.15, -0.1) is 0 Å². The van der Waals surface area contributed by atoms with Crippen LogP contribution in [0.25, 0.3) is 0 Å². The first-order valence-corrected chi connectivity index (χ1v) is 9.81. The van der Waals surface area contributed by atoms with Gasteiger partial charge in [-0.25, -0.2) is 0 Å². The molecule has 1 aliphatic rings. The molecule has 0 spiro atoms. The van der Waals surface area contributed by atoms with Crippen LogP contribution in [-0.2, 0) is 6.42 Å².